The number of fused-ring (bicyclic) bond motifs is 1. The van der Waals surface area contributed by atoms with Gasteiger partial charge in [0.15, 0.2) is 6.29 Å². The summed E-state index contributed by atoms with van der Waals surface area (Å²) < 4.78 is 21.1. The standard InChI is InChI=1S/C16H24O10/c1-23-14(22)7-5-24-15(10-6(7)2-3-8(10)18)26-16-13(21)12(20)11(19)9(4-17)25-16/h5-6,8-13,15-21H,2-4H2,1H3/t6-,8-,9-,10+,11-,12+,13-,15+,16+/m1/s1. The molecule has 2 aliphatic heterocycles. The third-order valence-electron chi connectivity index (χ3n) is 5.26. The van der Waals surface area contributed by atoms with Crippen molar-refractivity contribution < 1.29 is 49.3 Å². The zero-order chi connectivity index (χ0) is 19.0. The zero-order valence-electron chi connectivity index (χ0n) is 14.2. The Labute approximate surface area is 149 Å². The number of carbonyl (C=O) groups is 1. The van der Waals surface area contributed by atoms with Gasteiger partial charge in [-0.05, 0) is 12.8 Å². The van der Waals surface area contributed by atoms with E-state index in [1.54, 1.807) is 0 Å². The summed E-state index contributed by atoms with van der Waals surface area (Å²) in [4.78, 5) is 11.9. The van der Waals surface area contributed by atoms with Crippen molar-refractivity contribution in [2.45, 2.75) is 55.9 Å². The number of rotatable bonds is 4. The fourth-order valence-corrected chi connectivity index (χ4v) is 3.81. The van der Waals surface area contributed by atoms with Crippen molar-refractivity contribution in [2.24, 2.45) is 11.8 Å². The van der Waals surface area contributed by atoms with Crippen LogP contribution in [0.2, 0.25) is 0 Å². The zero-order valence-corrected chi connectivity index (χ0v) is 14.2. The number of carbonyl (C=O) groups excluding carboxylic acids is 1. The minimum Gasteiger partial charge on any atom is -0.471 e. The fraction of sp³-hybridized carbons (Fsp3) is 0.812. The van der Waals surface area contributed by atoms with Gasteiger partial charge in [-0.15, -0.1) is 0 Å². The van der Waals surface area contributed by atoms with E-state index in [9.17, 15) is 30.3 Å². The molecule has 0 aromatic carbocycles. The maximum atomic E-state index is 11.9. The molecule has 0 aromatic heterocycles. The average Bonchev–Trinajstić information content (AvgIpc) is 3.04. The summed E-state index contributed by atoms with van der Waals surface area (Å²) in [5.41, 5.74) is 0.294. The van der Waals surface area contributed by atoms with Crippen molar-refractivity contribution in [3.63, 3.8) is 0 Å². The molecule has 2 fully saturated rings. The summed E-state index contributed by atoms with van der Waals surface area (Å²) in [6, 6.07) is 0. The van der Waals surface area contributed by atoms with Gasteiger partial charge in [-0.25, -0.2) is 4.79 Å². The molecule has 10 heteroatoms. The molecule has 1 saturated carbocycles. The molecule has 2 heterocycles. The first-order valence-electron chi connectivity index (χ1n) is 8.47. The van der Waals surface area contributed by atoms with E-state index in [-0.39, 0.29) is 5.92 Å². The summed E-state index contributed by atoms with van der Waals surface area (Å²) in [6.07, 6.45) is -6.86. The molecule has 1 aliphatic carbocycles. The van der Waals surface area contributed by atoms with Gasteiger partial charge in [0.25, 0.3) is 0 Å². The van der Waals surface area contributed by atoms with Crippen LogP contribution in [0.15, 0.2) is 11.8 Å². The fourth-order valence-electron chi connectivity index (χ4n) is 3.81. The van der Waals surface area contributed by atoms with Gasteiger partial charge in [0.05, 0.1) is 37.6 Å². The normalized spacial score (nSPS) is 45.5. The largest absolute Gasteiger partial charge is 0.471 e. The second-order valence-electron chi connectivity index (χ2n) is 6.73. The highest BCUT2D eigenvalue weighted by Crippen LogP contribution is 2.44. The first-order valence-corrected chi connectivity index (χ1v) is 8.47. The molecule has 0 radical (unpaired) electrons. The lowest BCUT2D eigenvalue weighted by Crippen LogP contribution is -2.60. The average molecular weight is 376 g/mol. The van der Waals surface area contributed by atoms with Crippen LogP contribution in [0.1, 0.15) is 12.8 Å². The second kappa shape index (κ2) is 7.77. The molecule has 3 rings (SSSR count). The van der Waals surface area contributed by atoms with Crippen LogP contribution in [0, 0.1) is 11.8 Å². The van der Waals surface area contributed by atoms with Gasteiger partial charge >= 0.3 is 5.97 Å². The van der Waals surface area contributed by atoms with Gasteiger partial charge in [0, 0.05) is 5.92 Å². The summed E-state index contributed by atoms with van der Waals surface area (Å²) in [5, 5.41) is 49.3. The van der Waals surface area contributed by atoms with Gasteiger partial charge in [0.1, 0.15) is 24.4 Å². The monoisotopic (exact) mass is 376 g/mol. The highest BCUT2D eigenvalue weighted by atomic mass is 16.8. The van der Waals surface area contributed by atoms with E-state index in [1.807, 2.05) is 0 Å². The number of aliphatic hydroxyl groups is 5. The molecule has 5 N–H and O–H groups in total. The van der Waals surface area contributed by atoms with Crippen molar-refractivity contribution in [1.29, 1.82) is 0 Å². The van der Waals surface area contributed by atoms with Gasteiger partial charge < -0.3 is 44.5 Å². The minimum absolute atomic E-state index is 0.294. The maximum absolute atomic E-state index is 11.9. The van der Waals surface area contributed by atoms with Crippen LogP contribution in [0.5, 0.6) is 0 Å². The van der Waals surface area contributed by atoms with Crippen LogP contribution >= 0.6 is 0 Å². The van der Waals surface area contributed by atoms with Crippen molar-refractivity contribution in [3.05, 3.63) is 11.8 Å². The lowest BCUT2D eigenvalue weighted by Gasteiger charge is -2.42. The maximum Gasteiger partial charge on any atom is 0.337 e. The van der Waals surface area contributed by atoms with E-state index in [2.05, 4.69) is 0 Å². The van der Waals surface area contributed by atoms with E-state index in [0.29, 0.717) is 18.4 Å². The van der Waals surface area contributed by atoms with Crippen LogP contribution in [-0.4, -0.2) is 88.3 Å². The van der Waals surface area contributed by atoms with E-state index < -0.39 is 61.6 Å². The Morgan fingerprint density at radius 3 is 2.54 bits per heavy atom. The molecule has 26 heavy (non-hydrogen) atoms. The molecular formula is C16H24O10. The Morgan fingerprint density at radius 2 is 1.88 bits per heavy atom. The molecule has 148 valence electrons. The van der Waals surface area contributed by atoms with Crippen molar-refractivity contribution in [1.82, 2.24) is 0 Å². The van der Waals surface area contributed by atoms with E-state index in [1.165, 1.54) is 13.4 Å². The molecule has 0 spiro atoms. The van der Waals surface area contributed by atoms with Crippen LogP contribution in [-0.2, 0) is 23.7 Å². The van der Waals surface area contributed by atoms with E-state index in [0.717, 1.165) is 0 Å². The van der Waals surface area contributed by atoms with Crippen LogP contribution in [0.25, 0.3) is 0 Å². The van der Waals surface area contributed by atoms with Gasteiger partial charge in [-0.3, -0.25) is 0 Å². The predicted octanol–water partition coefficient (Wildman–Crippen LogP) is -2.40. The third kappa shape index (κ3) is 3.33. The van der Waals surface area contributed by atoms with E-state index >= 15 is 0 Å². The molecule has 1 saturated heterocycles. The van der Waals surface area contributed by atoms with E-state index in [4.69, 9.17) is 18.9 Å². The lowest BCUT2D eigenvalue weighted by molar-refractivity contribution is -0.343. The molecule has 3 aliphatic rings. The van der Waals surface area contributed by atoms with Crippen molar-refractivity contribution in [3.8, 4) is 0 Å². The Morgan fingerprint density at radius 1 is 1.15 bits per heavy atom. The van der Waals surface area contributed by atoms with Gasteiger partial charge in [-0.1, -0.05) is 0 Å². The molecule has 10 nitrogen and oxygen atoms in total. The van der Waals surface area contributed by atoms with Crippen molar-refractivity contribution in [2.75, 3.05) is 13.7 Å². The lowest BCUT2D eigenvalue weighted by atomic mass is 9.86. The predicted molar refractivity (Wildman–Crippen MR) is 82.0 cm³/mol. The Kier molecular flexibility index (Phi) is 5.82. The minimum atomic E-state index is -1.58. The summed E-state index contributed by atoms with van der Waals surface area (Å²) in [7, 11) is 1.25. The second-order valence-corrected chi connectivity index (χ2v) is 6.73. The first kappa shape index (κ1) is 19.5. The number of methoxy groups -OCH3 is 1. The van der Waals surface area contributed by atoms with Crippen LogP contribution in [0.4, 0.5) is 0 Å². The quantitative estimate of drug-likeness (QED) is 0.335. The molecule has 0 unspecified atom stereocenters. The molecular weight excluding hydrogens is 352 g/mol. The van der Waals surface area contributed by atoms with Crippen LogP contribution in [0.3, 0.4) is 0 Å². The number of hydrogen-bond donors (Lipinski definition) is 5. The number of ether oxygens (including phenoxy) is 4. The Balaban J connectivity index is 1.77. The van der Waals surface area contributed by atoms with Gasteiger partial charge in [0.2, 0.25) is 6.29 Å². The van der Waals surface area contributed by atoms with Crippen molar-refractivity contribution >= 4 is 5.97 Å². The summed E-state index contributed by atoms with van der Waals surface area (Å²) in [5.74, 6) is -1.50. The molecule has 0 aromatic rings. The first-order chi connectivity index (χ1) is 12.4. The highest BCUT2D eigenvalue weighted by molar-refractivity contribution is 5.89. The number of esters is 1. The third-order valence-corrected chi connectivity index (χ3v) is 5.26. The molecule has 0 bridgehead atoms. The molecule has 9 atom stereocenters. The number of hydrogen-bond acceptors (Lipinski definition) is 10. The smallest absolute Gasteiger partial charge is 0.337 e. The van der Waals surface area contributed by atoms with Crippen LogP contribution < -0.4 is 0 Å². The summed E-state index contributed by atoms with van der Waals surface area (Å²) >= 11 is 0. The molecule has 0 amide bonds. The summed E-state index contributed by atoms with van der Waals surface area (Å²) in [6.45, 7) is -0.586. The highest BCUT2D eigenvalue weighted by Gasteiger charge is 2.51. The van der Waals surface area contributed by atoms with Gasteiger partial charge in [-0.2, -0.15) is 0 Å². The topological polar surface area (TPSA) is 155 Å². The Hall–Kier alpha value is -1.27. The number of aliphatic hydroxyl groups excluding tert-OH is 5. The SMILES string of the molecule is COC(=O)C1=CO[C@@H](O[C@@H]2O[C@H](CO)[C@@H](O)[C@H](O)[C@H]2O)[C@@H]2[C@H](O)CC[C@H]12. The Bertz CT molecular complexity index is 549.